The number of nitrogens with one attached hydrogen (secondary N) is 1. The highest BCUT2D eigenvalue weighted by molar-refractivity contribution is 9.10. The Morgan fingerprint density at radius 3 is 2.94 bits per heavy atom. The number of ether oxygens (including phenoxy) is 1. The topological polar surface area (TPSA) is 21.3 Å². The van der Waals surface area contributed by atoms with Gasteiger partial charge in [-0.1, -0.05) is 15.9 Å². The van der Waals surface area contributed by atoms with Crippen LogP contribution < -0.4 is 5.32 Å². The highest BCUT2D eigenvalue weighted by Gasteiger charge is 2.02. The molecule has 0 saturated heterocycles. The van der Waals surface area contributed by atoms with E-state index in [1.807, 2.05) is 7.05 Å². The molecule has 0 unspecified atom stereocenters. The van der Waals surface area contributed by atoms with Crippen molar-refractivity contribution >= 4 is 15.9 Å². The molecule has 1 aromatic rings. The molecule has 4 heteroatoms. The molecule has 0 amide bonds. The Morgan fingerprint density at radius 1 is 1.38 bits per heavy atom. The van der Waals surface area contributed by atoms with Crippen molar-refractivity contribution in [1.29, 1.82) is 0 Å². The average Bonchev–Trinajstić information content (AvgIpc) is 2.28. The molecule has 0 saturated carbocycles. The third kappa shape index (κ3) is 5.05. The normalized spacial score (nSPS) is 10.7. The molecule has 1 N–H and O–H groups in total. The molecule has 0 spiro atoms. The van der Waals surface area contributed by atoms with E-state index in [9.17, 15) is 4.39 Å². The van der Waals surface area contributed by atoms with Crippen molar-refractivity contribution in [3.63, 3.8) is 0 Å². The maximum absolute atomic E-state index is 13.3. The number of benzene rings is 1. The molecule has 2 nitrogen and oxygen atoms in total. The average molecular weight is 290 g/mol. The van der Waals surface area contributed by atoms with Crippen molar-refractivity contribution in [3.8, 4) is 0 Å². The van der Waals surface area contributed by atoms with Gasteiger partial charge in [-0.15, -0.1) is 0 Å². The van der Waals surface area contributed by atoms with Crippen molar-refractivity contribution in [3.05, 3.63) is 34.1 Å². The Hall–Kier alpha value is -0.450. The van der Waals surface area contributed by atoms with Gasteiger partial charge in [0.15, 0.2) is 0 Å². The number of halogens is 2. The lowest BCUT2D eigenvalue weighted by Gasteiger charge is -2.06. The molecular formula is C12H17BrFNO. The Labute approximate surface area is 104 Å². The second-order valence-corrected chi connectivity index (χ2v) is 4.51. The minimum Gasteiger partial charge on any atom is -0.377 e. The van der Waals surface area contributed by atoms with Gasteiger partial charge in [-0.25, -0.2) is 4.39 Å². The molecule has 0 aliphatic rings. The van der Waals surface area contributed by atoms with Gasteiger partial charge in [0.05, 0.1) is 6.61 Å². The first-order valence-corrected chi connectivity index (χ1v) is 6.19. The third-order valence-electron chi connectivity index (χ3n) is 2.23. The van der Waals surface area contributed by atoms with E-state index in [4.69, 9.17) is 4.74 Å². The summed E-state index contributed by atoms with van der Waals surface area (Å²) >= 11 is 3.31. The Balaban J connectivity index is 2.23. The van der Waals surface area contributed by atoms with Crippen molar-refractivity contribution < 1.29 is 9.13 Å². The van der Waals surface area contributed by atoms with E-state index < -0.39 is 0 Å². The van der Waals surface area contributed by atoms with Gasteiger partial charge >= 0.3 is 0 Å². The fourth-order valence-corrected chi connectivity index (χ4v) is 1.75. The van der Waals surface area contributed by atoms with E-state index in [1.54, 1.807) is 12.1 Å². The van der Waals surface area contributed by atoms with Gasteiger partial charge in [0.1, 0.15) is 5.82 Å². The van der Waals surface area contributed by atoms with E-state index in [1.165, 1.54) is 6.07 Å². The molecule has 0 aliphatic carbocycles. The monoisotopic (exact) mass is 289 g/mol. The second-order valence-electron chi connectivity index (χ2n) is 3.60. The molecule has 90 valence electrons. The SMILES string of the molecule is CNCCCCOCc1cc(Br)ccc1F. The Morgan fingerprint density at radius 2 is 2.19 bits per heavy atom. The van der Waals surface area contributed by atoms with Crippen molar-refractivity contribution in [2.45, 2.75) is 19.4 Å². The highest BCUT2D eigenvalue weighted by Crippen LogP contribution is 2.16. The molecule has 0 fully saturated rings. The summed E-state index contributed by atoms with van der Waals surface area (Å²) in [6.45, 7) is 2.01. The summed E-state index contributed by atoms with van der Waals surface area (Å²) in [5.74, 6) is -0.210. The van der Waals surface area contributed by atoms with Crippen LogP contribution in [-0.2, 0) is 11.3 Å². The Kier molecular flexibility index (Phi) is 6.61. The van der Waals surface area contributed by atoms with E-state index >= 15 is 0 Å². The first-order chi connectivity index (χ1) is 7.74. The van der Waals surface area contributed by atoms with Gasteiger partial charge in [-0.2, -0.15) is 0 Å². The number of unbranched alkanes of at least 4 members (excludes halogenated alkanes) is 1. The van der Waals surface area contributed by atoms with E-state index in [2.05, 4.69) is 21.2 Å². The van der Waals surface area contributed by atoms with E-state index in [0.717, 1.165) is 23.9 Å². The predicted molar refractivity (Wildman–Crippen MR) is 66.9 cm³/mol. The molecule has 1 aromatic carbocycles. The predicted octanol–water partition coefficient (Wildman–Crippen LogP) is 3.10. The van der Waals surface area contributed by atoms with Crippen LogP contribution in [-0.4, -0.2) is 20.2 Å². The minimum atomic E-state index is -0.210. The number of rotatable bonds is 7. The van der Waals surface area contributed by atoms with Crippen LogP contribution in [0, 0.1) is 5.82 Å². The van der Waals surface area contributed by atoms with Gasteiger partial charge in [-0.05, 0) is 44.6 Å². The van der Waals surface area contributed by atoms with Crippen LogP contribution in [0.3, 0.4) is 0 Å². The zero-order chi connectivity index (χ0) is 11.8. The van der Waals surface area contributed by atoms with E-state index in [-0.39, 0.29) is 5.82 Å². The van der Waals surface area contributed by atoms with Crippen LogP contribution in [0.4, 0.5) is 4.39 Å². The van der Waals surface area contributed by atoms with Crippen LogP contribution in [0.2, 0.25) is 0 Å². The van der Waals surface area contributed by atoms with Gasteiger partial charge in [0, 0.05) is 16.6 Å². The lowest BCUT2D eigenvalue weighted by Crippen LogP contribution is -2.08. The van der Waals surface area contributed by atoms with Crippen molar-refractivity contribution in [1.82, 2.24) is 5.32 Å². The summed E-state index contributed by atoms with van der Waals surface area (Å²) in [6.07, 6.45) is 2.08. The Bertz CT molecular complexity index is 320. The fraction of sp³-hybridized carbons (Fsp3) is 0.500. The van der Waals surface area contributed by atoms with Gasteiger partial charge in [0.25, 0.3) is 0 Å². The third-order valence-corrected chi connectivity index (χ3v) is 2.72. The van der Waals surface area contributed by atoms with Gasteiger partial charge < -0.3 is 10.1 Å². The van der Waals surface area contributed by atoms with Crippen molar-refractivity contribution in [2.75, 3.05) is 20.2 Å². The zero-order valence-electron chi connectivity index (χ0n) is 9.43. The van der Waals surface area contributed by atoms with Crippen LogP contribution >= 0.6 is 15.9 Å². The first-order valence-electron chi connectivity index (χ1n) is 5.40. The maximum atomic E-state index is 13.3. The smallest absolute Gasteiger partial charge is 0.128 e. The van der Waals surface area contributed by atoms with Crippen LogP contribution in [0.1, 0.15) is 18.4 Å². The standard InChI is InChI=1S/C12H17BrFNO/c1-15-6-2-3-7-16-9-10-8-11(13)4-5-12(10)14/h4-5,8,15H,2-3,6-7,9H2,1H3. The number of hydrogen-bond acceptors (Lipinski definition) is 2. The molecule has 0 atom stereocenters. The van der Waals surface area contributed by atoms with Crippen LogP contribution in [0.15, 0.2) is 22.7 Å². The molecule has 16 heavy (non-hydrogen) atoms. The van der Waals surface area contributed by atoms with Crippen LogP contribution in [0.5, 0.6) is 0 Å². The van der Waals surface area contributed by atoms with Gasteiger partial charge in [-0.3, -0.25) is 0 Å². The molecule has 0 aromatic heterocycles. The second kappa shape index (κ2) is 7.76. The summed E-state index contributed by atoms with van der Waals surface area (Å²) in [5, 5.41) is 3.07. The zero-order valence-corrected chi connectivity index (χ0v) is 11.0. The fourth-order valence-electron chi connectivity index (χ4n) is 1.34. The quantitative estimate of drug-likeness (QED) is 0.779. The lowest BCUT2D eigenvalue weighted by atomic mass is 10.2. The molecule has 1 rings (SSSR count). The minimum absolute atomic E-state index is 0.210. The van der Waals surface area contributed by atoms with Crippen LogP contribution in [0.25, 0.3) is 0 Å². The van der Waals surface area contributed by atoms with Gasteiger partial charge in [0.2, 0.25) is 0 Å². The van der Waals surface area contributed by atoms with Crippen molar-refractivity contribution in [2.24, 2.45) is 0 Å². The first kappa shape index (κ1) is 13.6. The maximum Gasteiger partial charge on any atom is 0.128 e. The summed E-state index contributed by atoms with van der Waals surface area (Å²) in [5.41, 5.74) is 0.600. The molecule has 0 aliphatic heterocycles. The summed E-state index contributed by atoms with van der Waals surface area (Å²) in [7, 11) is 1.93. The summed E-state index contributed by atoms with van der Waals surface area (Å²) < 4.78 is 19.6. The summed E-state index contributed by atoms with van der Waals surface area (Å²) in [6, 6.07) is 4.89. The lowest BCUT2D eigenvalue weighted by molar-refractivity contribution is 0.115. The van der Waals surface area contributed by atoms with E-state index in [0.29, 0.717) is 18.8 Å². The molecule has 0 bridgehead atoms. The highest BCUT2D eigenvalue weighted by atomic mass is 79.9. The largest absolute Gasteiger partial charge is 0.377 e. The molecule has 0 heterocycles. The summed E-state index contributed by atoms with van der Waals surface area (Å²) in [4.78, 5) is 0. The molecular weight excluding hydrogens is 273 g/mol. The number of hydrogen-bond donors (Lipinski definition) is 1. The molecule has 0 radical (unpaired) electrons.